The molecule has 2 heterocycles. The van der Waals surface area contributed by atoms with Crippen LogP contribution in [0.4, 0.5) is 4.79 Å². The second-order valence-corrected chi connectivity index (χ2v) is 5.46. The number of carboxylic acid groups (broad SMARTS) is 1. The van der Waals surface area contributed by atoms with Gasteiger partial charge in [0.05, 0.1) is 13.2 Å². The minimum absolute atomic E-state index is 0.00557. The number of H-pyrrole nitrogens is 1. The maximum Gasteiger partial charge on any atom is 0.404 e. The van der Waals surface area contributed by atoms with Crippen molar-refractivity contribution in [1.82, 2.24) is 15.2 Å². The summed E-state index contributed by atoms with van der Waals surface area (Å²) in [6, 6.07) is 5.58. The number of morpholine rings is 1. The van der Waals surface area contributed by atoms with Crippen molar-refractivity contribution in [2.45, 2.75) is 6.42 Å². The summed E-state index contributed by atoms with van der Waals surface area (Å²) in [7, 11) is 0. The number of hydrogen-bond acceptors (Lipinski definition) is 3. The van der Waals surface area contributed by atoms with Gasteiger partial charge in [-0.2, -0.15) is 0 Å². The zero-order valence-corrected chi connectivity index (χ0v) is 12.7. The van der Waals surface area contributed by atoms with Crippen molar-refractivity contribution >= 4 is 22.9 Å². The number of aromatic nitrogens is 1. The van der Waals surface area contributed by atoms with Crippen LogP contribution in [0.1, 0.15) is 15.9 Å². The van der Waals surface area contributed by atoms with Gasteiger partial charge >= 0.3 is 6.09 Å². The summed E-state index contributed by atoms with van der Waals surface area (Å²) < 4.78 is 5.27. The Kier molecular flexibility index (Phi) is 4.47. The SMILES string of the molecule is O=C(O)NCCc1c[nH]c2ccc(C(=O)N3CCOCC3)cc12. The Hall–Kier alpha value is -2.54. The fourth-order valence-electron chi connectivity index (χ4n) is 2.77. The molecule has 3 N–H and O–H groups in total. The number of fused-ring (bicyclic) bond motifs is 1. The highest BCUT2D eigenvalue weighted by atomic mass is 16.5. The Morgan fingerprint density at radius 2 is 2.09 bits per heavy atom. The van der Waals surface area contributed by atoms with E-state index in [1.807, 2.05) is 24.4 Å². The Labute approximate surface area is 133 Å². The van der Waals surface area contributed by atoms with Gasteiger partial charge in [-0.05, 0) is 30.2 Å². The van der Waals surface area contributed by atoms with Gasteiger partial charge in [-0.25, -0.2) is 4.79 Å². The highest BCUT2D eigenvalue weighted by Crippen LogP contribution is 2.21. The summed E-state index contributed by atoms with van der Waals surface area (Å²) in [6.07, 6.45) is 1.40. The molecule has 1 aliphatic heterocycles. The van der Waals surface area contributed by atoms with Crippen LogP contribution in [0.15, 0.2) is 24.4 Å². The zero-order valence-electron chi connectivity index (χ0n) is 12.7. The molecule has 0 saturated carbocycles. The molecule has 2 aromatic rings. The Balaban J connectivity index is 1.79. The smallest absolute Gasteiger partial charge is 0.404 e. The number of rotatable bonds is 4. The summed E-state index contributed by atoms with van der Waals surface area (Å²) in [4.78, 5) is 28.0. The lowest BCUT2D eigenvalue weighted by atomic mass is 10.1. The molecule has 122 valence electrons. The first kappa shape index (κ1) is 15.4. The van der Waals surface area contributed by atoms with E-state index in [0.717, 1.165) is 16.5 Å². The summed E-state index contributed by atoms with van der Waals surface area (Å²) in [5.41, 5.74) is 2.57. The van der Waals surface area contributed by atoms with Crippen molar-refractivity contribution < 1.29 is 19.4 Å². The lowest BCUT2D eigenvalue weighted by Crippen LogP contribution is -2.40. The first-order chi connectivity index (χ1) is 11.1. The number of nitrogens with zero attached hydrogens (tertiary/aromatic N) is 1. The van der Waals surface area contributed by atoms with E-state index in [2.05, 4.69) is 10.3 Å². The number of carbonyl (C=O) groups excluding carboxylic acids is 1. The van der Waals surface area contributed by atoms with Gasteiger partial charge in [-0.1, -0.05) is 0 Å². The van der Waals surface area contributed by atoms with Gasteiger partial charge in [0, 0.05) is 42.3 Å². The predicted octanol–water partition coefficient (Wildman–Crippen LogP) is 1.45. The van der Waals surface area contributed by atoms with Crippen LogP contribution in [0.2, 0.25) is 0 Å². The molecule has 0 atom stereocenters. The van der Waals surface area contributed by atoms with Gasteiger partial charge in [0.1, 0.15) is 0 Å². The number of aromatic amines is 1. The number of hydrogen-bond donors (Lipinski definition) is 3. The minimum Gasteiger partial charge on any atom is -0.465 e. The third-order valence-corrected chi connectivity index (χ3v) is 3.98. The first-order valence-electron chi connectivity index (χ1n) is 7.59. The number of ether oxygens (including phenoxy) is 1. The molecule has 1 aliphatic rings. The zero-order chi connectivity index (χ0) is 16.2. The van der Waals surface area contributed by atoms with Gasteiger partial charge in [-0.3, -0.25) is 4.79 Å². The Morgan fingerprint density at radius 1 is 1.30 bits per heavy atom. The van der Waals surface area contributed by atoms with E-state index in [0.29, 0.717) is 44.8 Å². The maximum absolute atomic E-state index is 12.6. The summed E-state index contributed by atoms with van der Waals surface area (Å²) in [5, 5.41) is 11.9. The molecule has 1 saturated heterocycles. The Bertz CT molecular complexity index is 719. The quantitative estimate of drug-likeness (QED) is 0.795. The van der Waals surface area contributed by atoms with Crippen LogP contribution in [0.3, 0.4) is 0 Å². The topological polar surface area (TPSA) is 94.7 Å². The lowest BCUT2D eigenvalue weighted by molar-refractivity contribution is 0.0303. The van der Waals surface area contributed by atoms with E-state index in [1.165, 1.54) is 0 Å². The summed E-state index contributed by atoms with van der Waals surface area (Å²) >= 11 is 0. The molecule has 1 aromatic heterocycles. The van der Waals surface area contributed by atoms with Crippen LogP contribution >= 0.6 is 0 Å². The van der Waals surface area contributed by atoms with Crippen LogP contribution in [-0.2, 0) is 11.2 Å². The molecule has 23 heavy (non-hydrogen) atoms. The van der Waals surface area contributed by atoms with Gasteiger partial charge in [0.15, 0.2) is 0 Å². The largest absolute Gasteiger partial charge is 0.465 e. The molecule has 0 radical (unpaired) electrons. The average molecular weight is 317 g/mol. The predicted molar refractivity (Wildman–Crippen MR) is 84.8 cm³/mol. The van der Waals surface area contributed by atoms with Crippen LogP contribution in [0, 0.1) is 0 Å². The molecular formula is C16H19N3O4. The van der Waals surface area contributed by atoms with Gasteiger partial charge < -0.3 is 25.0 Å². The number of benzene rings is 1. The van der Waals surface area contributed by atoms with Gasteiger partial charge in [0.25, 0.3) is 5.91 Å². The monoisotopic (exact) mass is 317 g/mol. The molecule has 1 fully saturated rings. The van der Waals surface area contributed by atoms with Crippen LogP contribution in [-0.4, -0.2) is 59.8 Å². The van der Waals surface area contributed by atoms with Crippen molar-refractivity contribution in [2.75, 3.05) is 32.8 Å². The van der Waals surface area contributed by atoms with E-state index in [1.54, 1.807) is 4.90 Å². The number of carbonyl (C=O) groups is 2. The summed E-state index contributed by atoms with van der Waals surface area (Å²) in [5.74, 6) is 0.00557. The van der Waals surface area contributed by atoms with Crippen molar-refractivity contribution in [1.29, 1.82) is 0 Å². The van der Waals surface area contributed by atoms with Crippen molar-refractivity contribution in [3.8, 4) is 0 Å². The number of nitrogens with one attached hydrogen (secondary N) is 2. The molecule has 0 spiro atoms. The maximum atomic E-state index is 12.6. The molecule has 2 amide bonds. The second kappa shape index (κ2) is 6.70. The van der Waals surface area contributed by atoms with Gasteiger partial charge in [0.2, 0.25) is 0 Å². The third kappa shape index (κ3) is 3.45. The minimum atomic E-state index is -1.03. The van der Waals surface area contributed by atoms with Crippen LogP contribution in [0.5, 0.6) is 0 Å². The molecule has 1 aromatic carbocycles. The van der Waals surface area contributed by atoms with Crippen LogP contribution < -0.4 is 5.32 Å². The van der Waals surface area contributed by atoms with E-state index in [4.69, 9.17) is 9.84 Å². The molecule has 0 bridgehead atoms. The van der Waals surface area contributed by atoms with E-state index < -0.39 is 6.09 Å². The number of amides is 2. The first-order valence-corrected chi connectivity index (χ1v) is 7.59. The fraction of sp³-hybridized carbons (Fsp3) is 0.375. The third-order valence-electron chi connectivity index (χ3n) is 3.98. The van der Waals surface area contributed by atoms with Crippen molar-refractivity contribution in [3.05, 3.63) is 35.5 Å². The summed E-state index contributed by atoms with van der Waals surface area (Å²) in [6.45, 7) is 2.71. The Morgan fingerprint density at radius 3 is 2.83 bits per heavy atom. The van der Waals surface area contributed by atoms with E-state index >= 15 is 0 Å². The average Bonchev–Trinajstić information content (AvgIpc) is 2.97. The molecule has 7 heteroatoms. The highest BCUT2D eigenvalue weighted by Gasteiger charge is 2.19. The van der Waals surface area contributed by atoms with Crippen molar-refractivity contribution in [3.63, 3.8) is 0 Å². The molecule has 0 unspecified atom stereocenters. The molecule has 0 aliphatic carbocycles. The molecule has 3 rings (SSSR count). The molecular weight excluding hydrogens is 298 g/mol. The normalized spacial score (nSPS) is 14.9. The fourth-order valence-corrected chi connectivity index (χ4v) is 2.77. The van der Waals surface area contributed by atoms with Crippen LogP contribution in [0.25, 0.3) is 10.9 Å². The molecule has 7 nitrogen and oxygen atoms in total. The highest BCUT2D eigenvalue weighted by molar-refractivity contribution is 5.98. The van der Waals surface area contributed by atoms with E-state index in [9.17, 15) is 9.59 Å². The van der Waals surface area contributed by atoms with Crippen molar-refractivity contribution in [2.24, 2.45) is 0 Å². The standard InChI is InChI=1S/C16H19N3O4/c20-15(19-5-7-23-8-6-19)11-1-2-14-13(9-11)12(10-18-14)3-4-17-16(21)22/h1-2,9-10,17-18H,3-8H2,(H,21,22). The van der Waals surface area contributed by atoms with E-state index in [-0.39, 0.29) is 5.91 Å². The van der Waals surface area contributed by atoms with Gasteiger partial charge in [-0.15, -0.1) is 0 Å². The second-order valence-electron chi connectivity index (χ2n) is 5.46. The lowest BCUT2D eigenvalue weighted by Gasteiger charge is -2.26.